The monoisotopic (exact) mass is 335 g/mol. The number of aliphatic hydroxyl groups excluding tert-OH is 1. The molecule has 5 heteroatoms. The maximum Gasteiger partial charge on any atom is 0.255 e. The van der Waals surface area contributed by atoms with Crippen LogP contribution in [0.2, 0.25) is 0 Å². The predicted molar refractivity (Wildman–Crippen MR) is 96.1 cm³/mol. The molecule has 3 rings (SSSR count). The van der Waals surface area contributed by atoms with Crippen LogP contribution in [0.25, 0.3) is 0 Å². The number of anilines is 1. The van der Waals surface area contributed by atoms with E-state index in [9.17, 15) is 9.90 Å². The number of carbonyl (C=O) groups is 1. The molecule has 0 bridgehead atoms. The standard InChI is InChI=1S/C20H21N3O2/c21-13-15-4-3-6-16(12-15)20(25)22-19-7-2-1-5-17(19)14-23-10-8-18(24)9-11-23/h1-7,12,18,24H,8-11,14H2,(H,22,25). The van der Waals surface area contributed by atoms with Crippen LogP contribution < -0.4 is 5.32 Å². The summed E-state index contributed by atoms with van der Waals surface area (Å²) in [6.45, 7) is 2.45. The zero-order valence-corrected chi connectivity index (χ0v) is 14.0. The molecule has 0 aliphatic carbocycles. The fourth-order valence-corrected chi connectivity index (χ4v) is 3.02. The van der Waals surface area contributed by atoms with Gasteiger partial charge in [-0.3, -0.25) is 9.69 Å². The highest BCUT2D eigenvalue weighted by atomic mass is 16.3. The number of nitrogens with zero attached hydrogens (tertiary/aromatic N) is 2. The molecule has 2 aromatic carbocycles. The smallest absolute Gasteiger partial charge is 0.255 e. The van der Waals surface area contributed by atoms with Crippen LogP contribution in [-0.4, -0.2) is 35.1 Å². The molecular weight excluding hydrogens is 314 g/mol. The van der Waals surface area contributed by atoms with Crippen molar-refractivity contribution < 1.29 is 9.90 Å². The number of benzene rings is 2. The molecule has 0 aromatic heterocycles. The van der Waals surface area contributed by atoms with Gasteiger partial charge in [-0.2, -0.15) is 5.26 Å². The number of carbonyl (C=O) groups excluding carboxylic acids is 1. The fourth-order valence-electron chi connectivity index (χ4n) is 3.02. The quantitative estimate of drug-likeness (QED) is 0.901. The molecule has 5 nitrogen and oxygen atoms in total. The van der Waals surface area contributed by atoms with Crippen molar-refractivity contribution in [2.24, 2.45) is 0 Å². The number of aliphatic hydroxyl groups is 1. The first-order chi connectivity index (χ1) is 12.2. The summed E-state index contributed by atoms with van der Waals surface area (Å²) >= 11 is 0. The first-order valence-electron chi connectivity index (χ1n) is 8.45. The average Bonchev–Trinajstić information content (AvgIpc) is 2.65. The lowest BCUT2D eigenvalue weighted by atomic mass is 10.1. The summed E-state index contributed by atoms with van der Waals surface area (Å²) < 4.78 is 0. The molecule has 0 unspecified atom stereocenters. The van der Waals surface area contributed by atoms with Gasteiger partial charge in [0.15, 0.2) is 0 Å². The Balaban J connectivity index is 1.72. The normalized spacial score (nSPS) is 15.5. The number of hydrogen-bond acceptors (Lipinski definition) is 4. The van der Waals surface area contributed by atoms with E-state index in [1.165, 1.54) is 0 Å². The Kier molecular flexibility index (Phi) is 5.44. The number of piperidine rings is 1. The van der Waals surface area contributed by atoms with Gasteiger partial charge in [-0.25, -0.2) is 0 Å². The van der Waals surface area contributed by atoms with Crippen molar-refractivity contribution >= 4 is 11.6 Å². The molecule has 0 atom stereocenters. The molecule has 25 heavy (non-hydrogen) atoms. The third-order valence-corrected chi connectivity index (χ3v) is 4.47. The number of rotatable bonds is 4. The van der Waals surface area contributed by atoms with Crippen molar-refractivity contribution in [3.8, 4) is 6.07 Å². The zero-order valence-electron chi connectivity index (χ0n) is 14.0. The van der Waals surface area contributed by atoms with E-state index in [1.54, 1.807) is 24.3 Å². The number of likely N-dealkylation sites (tertiary alicyclic amines) is 1. The summed E-state index contributed by atoms with van der Waals surface area (Å²) in [6.07, 6.45) is 1.38. The zero-order chi connectivity index (χ0) is 17.6. The van der Waals surface area contributed by atoms with Crippen molar-refractivity contribution in [2.75, 3.05) is 18.4 Å². The van der Waals surface area contributed by atoms with Crippen molar-refractivity contribution in [2.45, 2.75) is 25.5 Å². The van der Waals surface area contributed by atoms with Crippen LogP contribution in [0.1, 0.15) is 34.3 Å². The molecule has 0 radical (unpaired) electrons. The molecule has 1 amide bonds. The lowest BCUT2D eigenvalue weighted by molar-refractivity contribution is 0.0793. The maximum atomic E-state index is 12.5. The van der Waals surface area contributed by atoms with Crippen molar-refractivity contribution in [1.82, 2.24) is 4.90 Å². The van der Waals surface area contributed by atoms with Crippen LogP contribution >= 0.6 is 0 Å². The molecule has 0 spiro atoms. The topological polar surface area (TPSA) is 76.4 Å². The summed E-state index contributed by atoms with van der Waals surface area (Å²) in [5, 5.41) is 21.6. The Hall–Kier alpha value is -2.68. The molecule has 2 aromatic rings. The number of hydrogen-bond donors (Lipinski definition) is 2. The maximum absolute atomic E-state index is 12.5. The second kappa shape index (κ2) is 7.93. The second-order valence-electron chi connectivity index (χ2n) is 6.31. The van der Waals surface area contributed by atoms with E-state index >= 15 is 0 Å². The van der Waals surface area contributed by atoms with E-state index < -0.39 is 0 Å². The lowest BCUT2D eigenvalue weighted by Gasteiger charge is -2.30. The third kappa shape index (κ3) is 4.44. The number of amides is 1. The summed E-state index contributed by atoms with van der Waals surface area (Å²) in [5.74, 6) is -0.224. The van der Waals surface area contributed by atoms with E-state index in [-0.39, 0.29) is 12.0 Å². The van der Waals surface area contributed by atoms with Gasteiger partial charge in [0.1, 0.15) is 0 Å². The van der Waals surface area contributed by atoms with Crippen LogP contribution in [0, 0.1) is 11.3 Å². The van der Waals surface area contributed by atoms with Crippen LogP contribution in [-0.2, 0) is 6.54 Å². The van der Waals surface area contributed by atoms with E-state index in [2.05, 4.69) is 10.2 Å². The fraction of sp³-hybridized carbons (Fsp3) is 0.300. The van der Waals surface area contributed by atoms with E-state index in [1.807, 2.05) is 30.3 Å². The van der Waals surface area contributed by atoms with E-state index in [0.717, 1.165) is 43.7 Å². The van der Waals surface area contributed by atoms with Gasteiger partial charge in [0.05, 0.1) is 17.7 Å². The Morgan fingerprint density at radius 3 is 2.72 bits per heavy atom. The summed E-state index contributed by atoms with van der Waals surface area (Å²) in [6, 6.07) is 16.5. The number of nitrogens with one attached hydrogen (secondary N) is 1. The molecule has 1 heterocycles. The predicted octanol–water partition coefficient (Wildman–Crippen LogP) is 2.77. The summed E-state index contributed by atoms with van der Waals surface area (Å²) in [5.41, 5.74) is 2.76. The molecule has 1 aliphatic rings. The van der Waals surface area contributed by atoms with E-state index in [0.29, 0.717) is 11.1 Å². The van der Waals surface area contributed by atoms with Crippen LogP contribution in [0.4, 0.5) is 5.69 Å². The van der Waals surface area contributed by atoms with Gasteiger partial charge in [-0.05, 0) is 42.7 Å². The van der Waals surface area contributed by atoms with Crippen LogP contribution in [0.5, 0.6) is 0 Å². The minimum Gasteiger partial charge on any atom is -0.393 e. The second-order valence-corrected chi connectivity index (χ2v) is 6.31. The van der Waals surface area contributed by atoms with Gasteiger partial charge in [0, 0.05) is 30.9 Å². The highest BCUT2D eigenvalue weighted by molar-refractivity contribution is 6.04. The van der Waals surface area contributed by atoms with Crippen molar-refractivity contribution in [1.29, 1.82) is 5.26 Å². The largest absolute Gasteiger partial charge is 0.393 e. The van der Waals surface area contributed by atoms with Gasteiger partial charge in [0.25, 0.3) is 5.91 Å². The molecule has 0 saturated carbocycles. The first kappa shape index (κ1) is 17.2. The molecular formula is C20H21N3O2. The van der Waals surface area contributed by atoms with Crippen LogP contribution in [0.3, 0.4) is 0 Å². The van der Waals surface area contributed by atoms with Gasteiger partial charge in [-0.1, -0.05) is 24.3 Å². The highest BCUT2D eigenvalue weighted by Crippen LogP contribution is 2.21. The minimum atomic E-state index is -0.224. The SMILES string of the molecule is N#Cc1cccc(C(=O)Nc2ccccc2CN2CCC(O)CC2)c1. The van der Waals surface area contributed by atoms with Gasteiger partial charge in [-0.15, -0.1) is 0 Å². The Labute approximate surface area is 147 Å². The minimum absolute atomic E-state index is 0.196. The lowest BCUT2D eigenvalue weighted by Crippen LogP contribution is -2.35. The molecule has 1 fully saturated rings. The van der Waals surface area contributed by atoms with Crippen LogP contribution in [0.15, 0.2) is 48.5 Å². The molecule has 128 valence electrons. The average molecular weight is 335 g/mol. The molecule has 1 aliphatic heterocycles. The number of nitriles is 1. The van der Waals surface area contributed by atoms with Crippen molar-refractivity contribution in [3.63, 3.8) is 0 Å². The molecule has 1 saturated heterocycles. The van der Waals surface area contributed by atoms with Gasteiger partial charge >= 0.3 is 0 Å². The van der Waals surface area contributed by atoms with Gasteiger partial charge in [0.2, 0.25) is 0 Å². The van der Waals surface area contributed by atoms with Gasteiger partial charge < -0.3 is 10.4 Å². The third-order valence-electron chi connectivity index (χ3n) is 4.47. The first-order valence-corrected chi connectivity index (χ1v) is 8.45. The van der Waals surface area contributed by atoms with E-state index in [4.69, 9.17) is 5.26 Å². The highest BCUT2D eigenvalue weighted by Gasteiger charge is 2.18. The number of para-hydroxylation sites is 1. The molecule has 2 N–H and O–H groups in total. The summed E-state index contributed by atoms with van der Waals surface area (Å²) in [7, 11) is 0. The summed E-state index contributed by atoms with van der Waals surface area (Å²) in [4.78, 5) is 14.8. The Morgan fingerprint density at radius 2 is 1.96 bits per heavy atom. The Morgan fingerprint density at radius 1 is 1.20 bits per heavy atom. The van der Waals surface area contributed by atoms with Crippen molar-refractivity contribution in [3.05, 3.63) is 65.2 Å². The Bertz CT molecular complexity index is 790.